The smallest absolute Gasteiger partial charge is 0.337 e. The summed E-state index contributed by atoms with van der Waals surface area (Å²) in [7, 11) is -2.25. The maximum absolute atomic E-state index is 12.5. The van der Waals surface area contributed by atoms with Gasteiger partial charge in [0.25, 0.3) is 0 Å². The lowest BCUT2D eigenvalue weighted by Gasteiger charge is -2.11. The molecule has 0 aliphatic rings. The largest absolute Gasteiger partial charge is 0.497 e. The Labute approximate surface area is 158 Å². The molecule has 3 N–H and O–H groups in total. The van der Waals surface area contributed by atoms with Crippen LogP contribution in [0.4, 0.5) is 5.69 Å². The molecule has 0 saturated heterocycles. The first-order chi connectivity index (χ1) is 12.9. The molecule has 0 aromatic heterocycles. The number of sulfonamides is 1. The van der Waals surface area contributed by atoms with Crippen LogP contribution < -0.4 is 14.8 Å². The number of ether oxygens (including phenoxy) is 1. The normalized spacial score (nSPS) is 11.0. The van der Waals surface area contributed by atoms with E-state index < -0.39 is 16.0 Å². The standard InChI is InChI=1S/C19H22N2O5S/c1-3-11-20-18-9-8-16(13-17(18)19(22)23)27(24,25)21-12-10-14-4-6-15(26-2)7-5-14/h3-9,13,20-21H,1,10-12H2,2H3,(H,22,23). The number of methoxy groups -OCH3 is 1. The van der Waals surface area contributed by atoms with Gasteiger partial charge in [0.05, 0.1) is 17.6 Å². The van der Waals surface area contributed by atoms with Crippen molar-refractivity contribution in [3.63, 3.8) is 0 Å². The zero-order valence-corrected chi connectivity index (χ0v) is 15.8. The summed E-state index contributed by atoms with van der Waals surface area (Å²) in [6.07, 6.45) is 2.07. The molecule has 0 fully saturated rings. The third kappa shape index (κ3) is 5.57. The Kier molecular flexibility index (Phi) is 6.98. The van der Waals surface area contributed by atoms with Crippen LogP contribution in [-0.2, 0) is 16.4 Å². The van der Waals surface area contributed by atoms with Crippen molar-refractivity contribution in [2.24, 2.45) is 0 Å². The van der Waals surface area contributed by atoms with Crippen molar-refractivity contribution in [2.45, 2.75) is 11.3 Å². The van der Waals surface area contributed by atoms with Gasteiger partial charge in [-0.15, -0.1) is 6.58 Å². The minimum Gasteiger partial charge on any atom is -0.497 e. The van der Waals surface area contributed by atoms with Crippen LogP contribution >= 0.6 is 0 Å². The summed E-state index contributed by atoms with van der Waals surface area (Å²) in [5, 5.41) is 12.2. The van der Waals surface area contributed by atoms with Gasteiger partial charge in [0.2, 0.25) is 10.0 Å². The molecule has 2 aromatic rings. The molecule has 0 heterocycles. The summed E-state index contributed by atoms with van der Waals surface area (Å²) < 4.78 is 32.5. The van der Waals surface area contributed by atoms with Crippen LogP contribution in [0.5, 0.6) is 5.75 Å². The number of benzene rings is 2. The van der Waals surface area contributed by atoms with Gasteiger partial charge in [-0.3, -0.25) is 0 Å². The number of carboxylic acid groups (broad SMARTS) is 1. The van der Waals surface area contributed by atoms with Crippen molar-refractivity contribution in [1.82, 2.24) is 4.72 Å². The first kappa shape index (κ1) is 20.5. The third-order valence-electron chi connectivity index (χ3n) is 3.83. The lowest BCUT2D eigenvalue weighted by molar-refractivity contribution is 0.0697. The molecular formula is C19H22N2O5S. The fourth-order valence-corrected chi connectivity index (χ4v) is 3.47. The van der Waals surface area contributed by atoms with E-state index in [2.05, 4.69) is 16.6 Å². The Morgan fingerprint density at radius 3 is 2.52 bits per heavy atom. The molecule has 0 radical (unpaired) electrons. The van der Waals surface area contributed by atoms with E-state index in [1.807, 2.05) is 12.1 Å². The molecule has 0 saturated carbocycles. The summed E-state index contributed by atoms with van der Waals surface area (Å²) in [5.41, 5.74) is 1.17. The topological polar surface area (TPSA) is 105 Å². The van der Waals surface area contributed by atoms with E-state index in [0.29, 0.717) is 18.7 Å². The number of hydrogen-bond donors (Lipinski definition) is 3. The Morgan fingerprint density at radius 2 is 1.93 bits per heavy atom. The van der Waals surface area contributed by atoms with E-state index in [1.165, 1.54) is 12.1 Å². The Balaban J connectivity index is 2.09. The van der Waals surface area contributed by atoms with Gasteiger partial charge in [0, 0.05) is 18.8 Å². The fourth-order valence-electron chi connectivity index (χ4n) is 2.41. The highest BCUT2D eigenvalue weighted by Crippen LogP contribution is 2.21. The second kappa shape index (κ2) is 9.20. The van der Waals surface area contributed by atoms with E-state index in [9.17, 15) is 18.3 Å². The van der Waals surface area contributed by atoms with Crippen molar-refractivity contribution >= 4 is 21.7 Å². The molecule has 2 aromatic carbocycles. The van der Waals surface area contributed by atoms with E-state index in [-0.39, 0.29) is 17.0 Å². The van der Waals surface area contributed by atoms with Gasteiger partial charge in [0.15, 0.2) is 0 Å². The van der Waals surface area contributed by atoms with E-state index in [4.69, 9.17) is 4.74 Å². The number of anilines is 1. The molecule has 0 bridgehead atoms. The van der Waals surface area contributed by atoms with E-state index in [0.717, 1.165) is 17.4 Å². The SMILES string of the molecule is C=CCNc1ccc(S(=O)(=O)NCCc2ccc(OC)cc2)cc1C(=O)O. The fraction of sp³-hybridized carbons (Fsp3) is 0.211. The molecule has 8 heteroatoms. The van der Waals surface area contributed by atoms with Gasteiger partial charge in [-0.25, -0.2) is 17.9 Å². The lowest BCUT2D eigenvalue weighted by Crippen LogP contribution is -2.26. The minimum absolute atomic E-state index is 0.0983. The highest BCUT2D eigenvalue weighted by molar-refractivity contribution is 7.89. The summed E-state index contributed by atoms with van der Waals surface area (Å²) in [4.78, 5) is 11.3. The van der Waals surface area contributed by atoms with Crippen molar-refractivity contribution in [3.05, 3.63) is 66.2 Å². The zero-order chi connectivity index (χ0) is 19.9. The van der Waals surface area contributed by atoms with Crippen LogP contribution in [0, 0.1) is 0 Å². The van der Waals surface area contributed by atoms with Gasteiger partial charge in [0.1, 0.15) is 5.75 Å². The molecule has 0 atom stereocenters. The molecular weight excluding hydrogens is 368 g/mol. The second-order valence-corrected chi connectivity index (χ2v) is 7.44. The first-order valence-electron chi connectivity index (χ1n) is 8.22. The van der Waals surface area contributed by atoms with E-state index in [1.54, 1.807) is 25.3 Å². The molecule has 144 valence electrons. The lowest BCUT2D eigenvalue weighted by atomic mass is 10.1. The summed E-state index contributed by atoms with van der Waals surface area (Å²) in [6.45, 7) is 4.11. The predicted molar refractivity (Wildman–Crippen MR) is 104 cm³/mol. The molecule has 0 spiro atoms. The predicted octanol–water partition coefficient (Wildman–Crippen LogP) is 2.51. The maximum atomic E-state index is 12.5. The molecule has 0 aliphatic carbocycles. The highest BCUT2D eigenvalue weighted by atomic mass is 32.2. The number of nitrogens with one attached hydrogen (secondary N) is 2. The van der Waals surface area contributed by atoms with Crippen molar-refractivity contribution < 1.29 is 23.1 Å². The summed E-state index contributed by atoms with van der Waals surface area (Å²) >= 11 is 0. The number of rotatable bonds is 10. The summed E-state index contributed by atoms with van der Waals surface area (Å²) in [6, 6.07) is 11.3. The van der Waals surface area contributed by atoms with Crippen LogP contribution in [0.15, 0.2) is 60.0 Å². The van der Waals surface area contributed by atoms with Gasteiger partial charge in [-0.05, 0) is 42.3 Å². The summed E-state index contributed by atoms with van der Waals surface area (Å²) in [5.74, 6) is -0.484. The van der Waals surface area contributed by atoms with Gasteiger partial charge < -0.3 is 15.2 Å². The zero-order valence-electron chi connectivity index (χ0n) is 14.9. The molecule has 27 heavy (non-hydrogen) atoms. The highest BCUT2D eigenvalue weighted by Gasteiger charge is 2.18. The number of aromatic carboxylic acids is 1. The quantitative estimate of drug-likeness (QED) is 0.539. The van der Waals surface area contributed by atoms with Crippen LogP contribution in [0.2, 0.25) is 0 Å². The molecule has 7 nitrogen and oxygen atoms in total. The number of carbonyl (C=O) groups is 1. The Hall–Kier alpha value is -2.84. The monoisotopic (exact) mass is 390 g/mol. The number of hydrogen-bond acceptors (Lipinski definition) is 5. The third-order valence-corrected chi connectivity index (χ3v) is 5.29. The average molecular weight is 390 g/mol. The molecule has 0 amide bonds. The van der Waals surface area contributed by atoms with Gasteiger partial charge >= 0.3 is 5.97 Å². The van der Waals surface area contributed by atoms with Crippen LogP contribution in [0.25, 0.3) is 0 Å². The molecule has 0 unspecified atom stereocenters. The molecule has 0 aliphatic heterocycles. The Bertz CT molecular complexity index is 908. The molecule has 2 rings (SSSR count). The Morgan fingerprint density at radius 1 is 1.22 bits per heavy atom. The van der Waals surface area contributed by atoms with Crippen LogP contribution in [0.1, 0.15) is 15.9 Å². The minimum atomic E-state index is -3.82. The second-order valence-electron chi connectivity index (χ2n) is 5.68. The van der Waals surface area contributed by atoms with Gasteiger partial charge in [-0.1, -0.05) is 18.2 Å². The number of carboxylic acids is 1. The average Bonchev–Trinajstić information content (AvgIpc) is 2.66. The van der Waals surface area contributed by atoms with Crippen LogP contribution in [0.3, 0.4) is 0 Å². The van der Waals surface area contributed by atoms with E-state index >= 15 is 0 Å². The van der Waals surface area contributed by atoms with Crippen molar-refractivity contribution in [3.8, 4) is 5.75 Å². The van der Waals surface area contributed by atoms with Crippen molar-refractivity contribution in [2.75, 3.05) is 25.5 Å². The van der Waals surface area contributed by atoms with Gasteiger partial charge in [-0.2, -0.15) is 0 Å². The first-order valence-corrected chi connectivity index (χ1v) is 9.70. The van der Waals surface area contributed by atoms with Crippen LogP contribution in [-0.4, -0.2) is 39.7 Å². The maximum Gasteiger partial charge on any atom is 0.337 e. The van der Waals surface area contributed by atoms with Crippen molar-refractivity contribution in [1.29, 1.82) is 0 Å².